The van der Waals surface area contributed by atoms with Gasteiger partial charge in [-0.25, -0.2) is 0 Å². The number of carboxylic acid groups (broad SMARTS) is 1. The zero-order valence-electron chi connectivity index (χ0n) is 38.5. The number of rotatable bonds is 19. The number of aliphatic carboxylic acids is 1. The van der Waals surface area contributed by atoms with Crippen molar-refractivity contribution >= 4 is 11.9 Å². The monoisotopic (exact) mass is 831 g/mol. The Morgan fingerprint density at radius 1 is 0.607 bits per heavy atom. The molecule has 4 aromatic rings. The normalized spacial score (nSPS) is 14.2. The molecule has 0 spiro atoms. The largest absolute Gasteiger partial charge is 1.00 e. The minimum Gasteiger partial charge on any atom is -0.870 e. The molecular formula is C52H71LiO8. The van der Waals surface area contributed by atoms with Gasteiger partial charge in [-0.05, 0) is 139 Å². The number of carboxylic acids is 1. The van der Waals surface area contributed by atoms with Gasteiger partial charge in [0.25, 0.3) is 0 Å². The van der Waals surface area contributed by atoms with Gasteiger partial charge in [0.2, 0.25) is 0 Å². The van der Waals surface area contributed by atoms with Gasteiger partial charge in [0.1, 0.15) is 11.5 Å². The van der Waals surface area contributed by atoms with Gasteiger partial charge in [0, 0.05) is 11.1 Å². The van der Waals surface area contributed by atoms with E-state index in [1.807, 2.05) is 37.3 Å². The number of carbonyl (C=O) groups excluding carboxylic acids is 1. The minimum absolute atomic E-state index is 0. The first-order chi connectivity index (χ1) is 27.8. The summed E-state index contributed by atoms with van der Waals surface area (Å²) in [4.78, 5) is 24.7. The Morgan fingerprint density at radius 2 is 1.00 bits per heavy atom. The predicted molar refractivity (Wildman–Crippen MR) is 243 cm³/mol. The van der Waals surface area contributed by atoms with Crippen molar-refractivity contribution in [3.05, 3.63) is 107 Å². The van der Waals surface area contributed by atoms with E-state index >= 15 is 0 Å². The maximum absolute atomic E-state index is 12.8. The molecule has 61 heavy (non-hydrogen) atoms. The molecule has 2 aliphatic carbocycles. The smallest absolute Gasteiger partial charge is 0.870 e. The molecule has 0 heterocycles. The molecule has 2 atom stereocenters. The summed E-state index contributed by atoms with van der Waals surface area (Å²) in [5.74, 6) is 2.96. The van der Waals surface area contributed by atoms with Crippen molar-refractivity contribution < 1.29 is 58.7 Å². The van der Waals surface area contributed by atoms with E-state index in [4.69, 9.17) is 14.2 Å². The molecule has 0 saturated heterocycles. The van der Waals surface area contributed by atoms with Crippen molar-refractivity contribution in [3.63, 3.8) is 0 Å². The number of esters is 1. The molecule has 2 aliphatic rings. The second-order valence-electron chi connectivity index (χ2n) is 18.0. The summed E-state index contributed by atoms with van der Waals surface area (Å²) >= 11 is 0. The molecule has 2 unspecified atom stereocenters. The van der Waals surface area contributed by atoms with Crippen LogP contribution in [0.15, 0.2) is 84.9 Å². The number of hydrogen-bond acceptors (Lipinski definition) is 6. The number of ether oxygens (including phenoxy) is 3. The Bertz CT molecular complexity index is 1960. The summed E-state index contributed by atoms with van der Waals surface area (Å²) in [5, 5.41) is 9.80. The number of benzene rings is 4. The van der Waals surface area contributed by atoms with Crippen LogP contribution >= 0.6 is 0 Å². The molecule has 0 aliphatic heterocycles. The van der Waals surface area contributed by atoms with Crippen molar-refractivity contribution in [3.8, 4) is 33.8 Å². The van der Waals surface area contributed by atoms with E-state index in [-0.39, 0.29) is 41.7 Å². The SMILES string of the molecule is CC(C)CC(C(=O)O)c1ccc(OCC2CC2)c(-c2ccccc2C(C)C)c1.CCOC(=O)C(CC(C)C)c1ccc(OCC2CC2)c(-c2ccccc2C(C)C)c1.O.[Li+].[OH-]. The van der Waals surface area contributed by atoms with Gasteiger partial charge in [-0.15, -0.1) is 0 Å². The van der Waals surface area contributed by atoms with Crippen molar-refractivity contribution in [1.82, 2.24) is 0 Å². The maximum atomic E-state index is 12.8. The molecule has 0 amide bonds. The Balaban J connectivity index is 0.000000401. The Labute approximate surface area is 378 Å². The first kappa shape index (κ1) is 53.1. The van der Waals surface area contributed by atoms with E-state index in [1.54, 1.807) is 0 Å². The van der Waals surface area contributed by atoms with Gasteiger partial charge >= 0.3 is 30.8 Å². The van der Waals surface area contributed by atoms with Crippen LogP contribution in [-0.2, 0) is 14.3 Å². The zero-order chi connectivity index (χ0) is 41.9. The molecule has 0 bridgehead atoms. The van der Waals surface area contributed by atoms with E-state index < -0.39 is 11.9 Å². The van der Waals surface area contributed by atoms with E-state index in [0.717, 1.165) is 59.0 Å². The molecule has 0 radical (unpaired) electrons. The fourth-order valence-electron chi connectivity index (χ4n) is 7.61. The van der Waals surface area contributed by atoms with Gasteiger partial charge in [0.05, 0.1) is 31.7 Å². The molecule has 8 nitrogen and oxygen atoms in total. The third-order valence-corrected chi connectivity index (χ3v) is 11.2. The fraction of sp³-hybridized carbons (Fsp3) is 0.500. The molecule has 0 aromatic heterocycles. The zero-order valence-corrected chi connectivity index (χ0v) is 38.5. The molecule has 4 aromatic carbocycles. The first-order valence-corrected chi connectivity index (χ1v) is 21.9. The van der Waals surface area contributed by atoms with Crippen LogP contribution in [0.3, 0.4) is 0 Å². The molecule has 2 fully saturated rings. The van der Waals surface area contributed by atoms with E-state index in [1.165, 1.54) is 42.4 Å². The third kappa shape index (κ3) is 15.4. The summed E-state index contributed by atoms with van der Waals surface area (Å²) in [6.07, 6.45) is 6.40. The minimum atomic E-state index is -0.761. The summed E-state index contributed by atoms with van der Waals surface area (Å²) in [5.41, 5.74) is 8.83. The van der Waals surface area contributed by atoms with Crippen LogP contribution in [-0.4, -0.2) is 47.8 Å². The van der Waals surface area contributed by atoms with Crippen molar-refractivity contribution in [2.24, 2.45) is 23.7 Å². The quantitative estimate of drug-likeness (QED) is 0.0733. The molecule has 4 N–H and O–H groups in total. The Kier molecular flexibility index (Phi) is 21.9. The van der Waals surface area contributed by atoms with Crippen molar-refractivity contribution in [2.45, 2.75) is 125 Å². The topological polar surface area (TPSA) is 144 Å². The van der Waals surface area contributed by atoms with Gasteiger partial charge < -0.3 is 30.3 Å². The predicted octanol–water partition coefficient (Wildman–Crippen LogP) is 9.44. The number of carbonyl (C=O) groups is 2. The standard InChI is InChI=1S/C27H36O3.C25H32O3.Li.2H2O/c1-6-29-27(28)24(15-18(2)3)21-13-14-26(30-17-20-11-12-20)25(16-21)23-10-8-7-9-22(23)19(4)5;1-16(2)13-22(25(26)27)19-11-12-24(28-15-18-9-10-18)23(14-19)21-8-6-5-7-20(21)17(3)4;;;/h7-10,13-14,16,18-20,24H,6,11-12,15,17H2,1-5H3;5-8,11-12,14,16-18,22H,9-10,13,15H2,1-4H3,(H,26,27);;2*1H2/q;;+1;;/p-1. The second-order valence-corrected chi connectivity index (χ2v) is 18.0. The van der Waals surface area contributed by atoms with Gasteiger partial charge in [-0.1, -0.05) is 116 Å². The molecular weight excluding hydrogens is 760 g/mol. The van der Waals surface area contributed by atoms with Crippen LogP contribution in [0.2, 0.25) is 0 Å². The van der Waals surface area contributed by atoms with E-state index in [9.17, 15) is 14.7 Å². The first-order valence-electron chi connectivity index (χ1n) is 21.9. The van der Waals surface area contributed by atoms with Crippen LogP contribution in [0.1, 0.15) is 147 Å². The third-order valence-electron chi connectivity index (χ3n) is 11.2. The maximum Gasteiger partial charge on any atom is 1.00 e. The summed E-state index contributed by atoms with van der Waals surface area (Å²) in [6.45, 7) is 21.0. The van der Waals surface area contributed by atoms with Crippen molar-refractivity contribution in [2.75, 3.05) is 19.8 Å². The molecule has 9 heteroatoms. The fourth-order valence-corrected chi connectivity index (χ4v) is 7.61. The molecule has 6 rings (SSSR count). The van der Waals surface area contributed by atoms with Crippen molar-refractivity contribution in [1.29, 1.82) is 0 Å². The van der Waals surface area contributed by atoms with Crippen LogP contribution in [0.25, 0.3) is 22.3 Å². The number of hydrogen-bond donors (Lipinski definition) is 1. The van der Waals surface area contributed by atoms with Gasteiger partial charge in [-0.2, -0.15) is 0 Å². The summed E-state index contributed by atoms with van der Waals surface area (Å²) in [6, 6.07) is 29.1. The second kappa shape index (κ2) is 25.1. The van der Waals surface area contributed by atoms with E-state index in [2.05, 4.69) is 110 Å². The van der Waals surface area contributed by atoms with E-state index in [0.29, 0.717) is 48.5 Å². The summed E-state index contributed by atoms with van der Waals surface area (Å²) < 4.78 is 17.9. The molecule has 2 saturated carbocycles. The van der Waals surface area contributed by atoms with Crippen LogP contribution in [0, 0.1) is 23.7 Å². The van der Waals surface area contributed by atoms with Crippen LogP contribution in [0.5, 0.6) is 11.5 Å². The Morgan fingerprint density at radius 3 is 1.36 bits per heavy atom. The van der Waals surface area contributed by atoms with Gasteiger partial charge in [-0.3, -0.25) is 9.59 Å². The average Bonchev–Trinajstić information content (AvgIpc) is 4.14. The Hall–Kier alpha value is -4.06. The van der Waals surface area contributed by atoms with Crippen LogP contribution in [0.4, 0.5) is 0 Å². The average molecular weight is 831 g/mol. The molecule has 328 valence electrons. The van der Waals surface area contributed by atoms with Gasteiger partial charge in [0.15, 0.2) is 0 Å². The van der Waals surface area contributed by atoms with Crippen LogP contribution < -0.4 is 28.3 Å². The summed E-state index contributed by atoms with van der Waals surface area (Å²) in [7, 11) is 0.